The second kappa shape index (κ2) is 21.7. The van der Waals surface area contributed by atoms with Crippen LogP contribution in [0.5, 0.6) is 11.5 Å². The van der Waals surface area contributed by atoms with E-state index < -0.39 is 152 Å². The monoisotopic (exact) mass is 1120 g/mol. The first-order valence-electron chi connectivity index (χ1n) is 27.7. The fourth-order valence-electron chi connectivity index (χ4n) is 16.0. The normalized spacial score (nSPS) is 46.3. The number of ether oxygens (including phenoxy) is 8. The maximum Gasteiger partial charge on any atom is 0.335 e. The molecule has 1 unspecified atom stereocenters. The zero-order valence-corrected chi connectivity index (χ0v) is 46.1. The number of methoxy groups -OCH3 is 1. The molecule has 3 saturated heterocycles. The van der Waals surface area contributed by atoms with E-state index in [1.165, 1.54) is 31.4 Å². The van der Waals surface area contributed by atoms with Gasteiger partial charge in [-0.15, -0.1) is 0 Å². The highest BCUT2D eigenvalue weighted by Crippen LogP contribution is 2.76. The molecule has 8 aliphatic rings. The van der Waals surface area contributed by atoms with Gasteiger partial charge in [0.15, 0.2) is 30.0 Å². The van der Waals surface area contributed by atoms with Crippen molar-refractivity contribution in [2.45, 2.75) is 204 Å². The average Bonchev–Trinajstić information content (AvgIpc) is 3.54. The Bertz CT molecular complexity index is 2500. The zero-order chi connectivity index (χ0) is 57.7. The summed E-state index contributed by atoms with van der Waals surface area (Å²) in [5.74, 6) is -3.35. The summed E-state index contributed by atoms with van der Waals surface area (Å²) in [6.07, 6.45) is -14.7. The number of hydrogen-bond donors (Lipinski definition) is 11. The van der Waals surface area contributed by atoms with E-state index in [1.54, 1.807) is 0 Å². The minimum absolute atomic E-state index is 0.0513. The Kier molecular flexibility index (Phi) is 16.4. The number of aliphatic carboxylic acids is 1. The Hall–Kier alpha value is -3.85. The third-order valence-electron chi connectivity index (χ3n) is 20.7. The van der Waals surface area contributed by atoms with Crippen LogP contribution in [0.1, 0.15) is 112 Å². The SMILES string of the molecule is COc1cc(C=CC(=O)O[C@H]2[C@H](OC(=O)[C@]34CCC(C)(C)CC3C3=CC[C@@H]5[C@@]6(C)CC[C@H](O[C@@H]7O[C@H](C(=O)O)[C@@H](O)[C@H](O)[C@H]7O)C(C)(C)[C@@H]6CC[C@@]5(C)[C@]3(C)C[C@H]4O)OC[C@@H](O)[C@@H]2O)ccc1O[C@@H]1O[C@H](CO)[C@@H](O)[C@H](O)[C@H]1O. The van der Waals surface area contributed by atoms with E-state index in [-0.39, 0.29) is 52.4 Å². The quantitative estimate of drug-likeness (QED) is 0.0611. The molecule has 23 atom stereocenters. The largest absolute Gasteiger partial charge is 0.493 e. The van der Waals surface area contributed by atoms with Crippen molar-refractivity contribution >= 4 is 24.0 Å². The maximum atomic E-state index is 15.2. The second-order valence-electron chi connectivity index (χ2n) is 25.8. The lowest BCUT2D eigenvalue weighted by atomic mass is 9.33. The molecule has 22 nitrogen and oxygen atoms in total. The summed E-state index contributed by atoms with van der Waals surface area (Å²) < 4.78 is 46.4. The number of carbonyl (C=O) groups is 3. The van der Waals surface area contributed by atoms with Gasteiger partial charge in [0.25, 0.3) is 0 Å². The number of carbonyl (C=O) groups excluding carboxylic acids is 2. The molecular formula is C57H82O22. The molecule has 0 radical (unpaired) electrons. The highest BCUT2D eigenvalue weighted by atomic mass is 16.7. The van der Waals surface area contributed by atoms with Gasteiger partial charge in [-0.25, -0.2) is 9.59 Å². The van der Waals surface area contributed by atoms with Crippen molar-refractivity contribution in [3.63, 3.8) is 0 Å². The molecular weight excluding hydrogens is 1040 g/mol. The van der Waals surface area contributed by atoms with Gasteiger partial charge in [0, 0.05) is 6.08 Å². The first-order chi connectivity index (χ1) is 37.0. The molecule has 3 heterocycles. The summed E-state index contributed by atoms with van der Waals surface area (Å²) in [6.45, 7) is 14.3. The predicted molar refractivity (Wildman–Crippen MR) is 274 cm³/mol. The third kappa shape index (κ3) is 10.0. The van der Waals surface area contributed by atoms with Crippen LogP contribution in [0.3, 0.4) is 0 Å². The molecule has 79 heavy (non-hydrogen) atoms. The van der Waals surface area contributed by atoms with Crippen molar-refractivity contribution in [2.75, 3.05) is 20.3 Å². The fraction of sp³-hybridized carbons (Fsp3) is 0.772. The predicted octanol–water partition coefficient (Wildman–Crippen LogP) is 1.47. The van der Waals surface area contributed by atoms with Gasteiger partial charge in [-0.1, -0.05) is 66.2 Å². The lowest BCUT2D eigenvalue weighted by Crippen LogP contribution is -2.68. The number of carboxylic acid groups (broad SMARTS) is 1. The highest BCUT2D eigenvalue weighted by Gasteiger charge is 2.72. The Morgan fingerprint density at radius 2 is 1.43 bits per heavy atom. The van der Waals surface area contributed by atoms with Crippen molar-refractivity contribution in [2.24, 2.45) is 50.2 Å². The summed E-state index contributed by atoms with van der Waals surface area (Å²) in [4.78, 5) is 40.7. The van der Waals surface area contributed by atoms with Gasteiger partial charge in [0.05, 0.1) is 32.5 Å². The van der Waals surface area contributed by atoms with Crippen LogP contribution >= 0.6 is 0 Å². The van der Waals surface area contributed by atoms with Crippen molar-refractivity contribution in [3.05, 3.63) is 41.5 Å². The summed E-state index contributed by atoms with van der Waals surface area (Å²) in [7, 11) is 1.34. The number of fused-ring (bicyclic) bond motifs is 7. The Morgan fingerprint density at radius 1 is 0.734 bits per heavy atom. The van der Waals surface area contributed by atoms with Crippen LogP contribution in [-0.2, 0) is 42.8 Å². The number of benzene rings is 1. The van der Waals surface area contributed by atoms with Gasteiger partial charge in [-0.05, 0) is 126 Å². The summed E-state index contributed by atoms with van der Waals surface area (Å²) in [5, 5.41) is 117. The molecule has 5 aliphatic carbocycles. The van der Waals surface area contributed by atoms with Crippen LogP contribution in [0.4, 0.5) is 0 Å². The van der Waals surface area contributed by atoms with Gasteiger partial charge in [0.2, 0.25) is 12.6 Å². The van der Waals surface area contributed by atoms with Gasteiger partial charge in [-0.3, -0.25) is 4.79 Å². The number of aliphatic hydroxyl groups is 10. The molecule has 11 N–H and O–H groups in total. The molecule has 0 amide bonds. The second-order valence-corrected chi connectivity index (χ2v) is 25.8. The van der Waals surface area contributed by atoms with Gasteiger partial charge < -0.3 is 94.1 Å². The summed E-state index contributed by atoms with van der Waals surface area (Å²) in [6, 6.07) is 4.41. The number of aliphatic hydroxyl groups excluding tert-OH is 10. The number of hydrogen-bond acceptors (Lipinski definition) is 21. The lowest BCUT2D eigenvalue weighted by molar-refractivity contribution is -0.324. The van der Waals surface area contributed by atoms with E-state index in [4.69, 9.17) is 37.9 Å². The summed E-state index contributed by atoms with van der Waals surface area (Å²) >= 11 is 0. The van der Waals surface area contributed by atoms with Gasteiger partial charge in [-0.2, -0.15) is 0 Å². The van der Waals surface area contributed by atoms with E-state index in [1.807, 2.05) is 0 Å². The van der Waals surface area contributed by atoms with Crippen LogP contribution in [0, 0.1) is 50.2 Å². The van der Waals surface area contributed by atoms with E-state index in [0.29, 0.717) is 31.2 Å². The Morgan fingerprint density at radius 3 is 2.11 bits per heavy atom. The smallest absolute Gasteiger partial charge is 0.335 e. The molecule has 1 aromatic rings. The van der Waals surface area contributed by atoms with E-state index in [2.05, 4.69) is 54.5 Å². The fourth-order valence-corrected chi connectivity index (χ4v) is 16.0. The first-order valence-corrected chi connectivity index (χ1v) is 27.7. The van der Waals surface area contributed by atoms with E-state index >= 15 is 4.79 Å². The number of allylic oxidation sites excluding steroid dienone is 2. The van der Waals surface area contributed by atoms with E-state index in [0.717, 1.165) is 30.9 Å². The molecule has 3 aliphatic heterocycles. The number of esters is 2. The molecule has 22 heteroatoms. The zero-order valence-electron chi connectivity index (χ0n) is 46.1. The topological polar surface area (TPSA) is 348 Å². The highest BCUT2D eigenvalue weighted by molar-refractivity contribution is 5.87. The number of rotatable bonds is 12. The molecule has 0 spiro atoms. The molecule has 9 rings (SSSR count). The van der Waals surface area contributed by atoms with Crippen LogP contribution in [0.15, 0.2) is 35.9 Å². The molecule has 0 bridgehead atoms. The minimum atomic E-state index is -1.84. The Balaban J connectivity index is 0.922. The first kappa shape index (κ1) is 59.8. The van der Waals surface area contributed by atoms with E-state index in [9.17, 15) is 65.8 Å². The molecule has 0 aromatic heterocycles. The van der Waals surface area contributed by atoms with Crippen LogP contribution in [0.2, 0.25) is 0 Å². The van der Waals surface area contributed by atoms with Crippen LogP contribution in [0.25, 0.3) is 6.08 Å². The third-order valence-corrected chi connectivity index (χ3v) is 20.7. The molecule has 442 valence electrons. The van der Waals surface area contributed by atoms with Crippen LogP contribution < -0.4 is 9.47 Å². The lowest BCUT2D eigenvalue weighted by Gasteiger charge is -2.71. The molecule has 1 aromatic carbocycles. The van der Waals surface area contributed by atoms with Crippen molar-refractivity contribution in [1.82, 2.24) is 0 Å². The number of carboxylic acids is 1. The minimum Gasteiger partial charge on any atom is -0.493 e. The standard InChI is InChI=1S/C57H82O22/c1-52(2)19-20-57(51(71)79-50-46(38(62)29(59)25-73-50)77-37(61)14-10-26-9-12-30(31(21-26)72-8)74-48-43(67)40(64)39(63)32(24-58)75-48)28(22-52)27-11-13-34-54(5)17-16-36(76-49-44(68)41(65)42(66)45(78-49)47(69)70)53(3,4)33(54)15-18-55(34,6)56(27,7)23-35(57)60/h9-12,14,21,28-29,32-36,38-46,48-50,58-60,62-68H,13,15-20,22-25H2,1-8H3,(H,69,70)/t28?,29-,32-,33+,34-,35-,36+,38+,39-,40+,41+,42+,43-,44-,45+,46-,48-,49-,50+,54+,55-,56-,57-/m1/s1. The van der Waals surface area contributed by atoms with Crippen molar-refractivity contribution in [1.29, 1.82) is 0 Å². The van der Waals surface area contributed by atoms with Gasteiger partial charge in [0.1, 0.15) is 60.4 Å². The maximum absolute atomic E-state index is 15.2. The molecule has 4 saturated carbocycles. The summed E-state index contributed by atoms with van der Waals surface area (Å²) in [5.41, 5.74) is -1.93. The average molecular weight is 1120 g/mol. The van der Waals surface area contributed by atoms with Gasteiger partial charge >= 0.3 is 17.9 Å². The van der Waals surface area contributed by atoms with Crippen molar-refractivity contribution < 1.29 is 108 Å². The Labute approximate surface area is 459 Å². The van der Waals surface area contributed by atoms with Crippen LogP contribution in [-0.4, -0.2) is 193 Å². The molecule has 7 fully saturated rings. The van der Waals surface area contributed by atoms with Crippen molar-refractivity contribution in [3.8, 4) is 11.5 Å².